The summed E-state index contributed by atoms with van der Waals surface area (Å²) in [5.74, 6) is 0.218. The van der Waals surface area contributed by atoms with Gasteiger partial charge in [0.15, 0.2) is 0 Å². The molecular formula is C33H23FN6O2S. The average Bonchev–Trinajstić information content (AvgIpc) is 3.45. The lowest BCUT2D eigenvalue weighted by molar-refractivity contribution is 0.378. The number of nitrogens with one attached hydrogen (secondary N) is 1. The van der Waals surface area contributed by atoms with Gasteiger partial charge in [0.2, 0.25) is 11.8 Å². The number of pyridine rings is 1. The van der Waals surface area contributed by atoms with Crippen LogP contribution in [0.1, 0.15) is 28.3 Å². The number of halogens is 1. The smallest absolute Gasteiger partial charge is 0.244 e. The van der Waals surface area contributed by atoms with Crippen LogP contribution in [-0.4, -0.2) is 22.3 Å². The lowest BCUT2D eigenvalue weighted by atomic mass is 9.84. The van der Waals surface area contributed by atoms with Gasteiger partial charge in [0.1, 0.15) is 34.3 Å². The first-order valence-electron chi connectivity index (χ1n) is 13.2. The molecule has 3 heterocycles. The number of thioether (sulfide) groups is 1. The lowest BCUT2D eigenvalue weighted by Gasteiger charge is -2.24. The molecule has 0 fully saturated rings. The fourth-order valence-electron chi connectivity index (χ4n) is 5.04. The number of methoxy groups -OCH3 is 1. The van der Waals surface area contributed by atoms with Crippen LogP contribution in [0, 0.1) is 28.5 Å². The predicted molar refractivity (Wildman–Crippen MR) is 160 cm³/mol. The van der Waals surface area contributed by atoms with E-state index in [9.17, 15) is 14.9 Å². The Bertz CT molecular complexity index is 1920. The van der Waals surface area contributed by atoms with Crippen molar-refractivity contribution in [2.45, 2.75) is 16.7 Å². The number of hydrogen-bond acceptors (Lipinski definition) is 8. The molecule has 6 rings (SSSR count). The molecule has 0 saturated heterocycles. The molecule has 0 radical (unpaired) electrons. The van der Waals surface area contributed by atoms with Gasteiger partial charge in [0.25, 0.3) is 0 Å². The number of aromatic nitrogens is 3. The second kappa shape index (κ2) is 11.7. The number of H-pyrrole nitrogens is 1. The Kier molecular flexibility index (Phi) is 7.52. The molecule has 1 unspecified atom stereocenters. The highest BCUT2D eigenvalue weighted by Crippen LogP contribution is 2.44. The summed E-state index contributed by atoms with van der Waals surface area (Å²) in [6.45, 7) is 0. The Hall–Kier alpha value is -5.58. The molecule has 43 heavy (non-hydrogen) atoms. The van der Waals surface area contributed by atoms with Crippen molar-refractivity contribution in [2.24, 2.45) is 5.73 Å². The average molecular weight is 587 g/mol. The van der Waals surface area contributed by atoms with E-state index in [1.54, 1.807) is 19.2 Å². The number of rotatable bonds is 7. The van der Waals surface area contributed by atoms with Crippen molar-refractivity contribution in [1.29, 1.82) is 10.5 Å². The van der Waals surface area contributed by atoms with Gasteiger partial charge in [-0.2, -0.15) is 10.5 Å². The summed E-state index contributed by atoms with van der Waals surface area (Å²) in [6, 6.07) is 29.6. The highest BCUT2D eigenvalue weighted by Gasteiger charge is 2.35. The second-order valence-corrected chi connectivity index (χ2v) is 10.6. The van der Waals surface area contributed by atoms with E-state index >= 15 is 0 Å². The Morgan fingerprint density at radius 1 is 1.00 bits per heavy atom. The highest BCUT2D eigenvalue weighted by molar-refractivity contribution is 7.98. The molecule has 3 N–H and O–H groups in total. The van der Waals surface area contributed by atoms with Gasteiger partial charge in [-0.1, -0.05) is 66.4 Å². The first-order valence-corrected chi connectivity index (χ1v) is 14.2. The standard InChI is InChI=1S/C33H23FN6O2S/c1-41-23-13-9-19(10-14-23)24-15-27(20-5-3-2-4-6-20)38-33(25(24)16-35)43-18-28-30-29(21-7-11-22(34)12-8-21)26(17-36)31(37)42-32(30)40-39-28/h2-15,29H,18,37H2,1H3,(H,39,40). The molecule has 210 valence electrons. The van der Waals surface area contributed by atoms with Gasteiger partial charge in [-0.15, -0.1) is 5.10 Å². The zero-order valence-electron chi connectivity index (χ0n) is 22.8. The van der Waals surface area contributed by atoms with Crippen LogP contribution >= 0.6 is 11.8 Å². The first-order chi connectivity index (χ1) is 21.0. The number of nitrogens with two attached hydrogens (primary N) is 1. The summed E-state index contributed by atoms with van der Waals surface area (Å²) in [5.41, 5.74) is 11.9. The van der Waals surface area contributed by atoms with Gasteiger partial charge in [0, 0.05) is 16.9 Å². The van der Waals surface area contributed by atoms with Crippen LogP contribution in [0.4, 0.5) is 4.39 Å². The molecule has 0 aliphatic carbocycles. The Labute approximate surface area is 251 Å². The first kappa shape index (κ1) is 27.6. The van der Waals surface area contributed by atoms with Crippen molar-refractivity contribution in [3.63, 3.8) is 0 Å². The summed E-state index contributed by atoms with van der Waals surface area (Å²) in [6.07, 6.45) is 0. The van der Waals surface area contributed by atoms with E-state index in [0.29, 0.717) is 38.9 Å². The third-order valence-electron chi connectivity index (χ3n) is 7.14. The summed E-state index contributed by atoms with van der Waals surface area (Å²) < 4.78 is 24.8. The Balaban J connectivity index is 1.42. The molecule has 10 heteroatoms. The largest absolute Gasteiger partial charge is 0.497 e. The minimum Gasteiger partial charge on any atom is -0.497 e. The van der Waals surface area contributed by atoms with Gasteiger partial charge in [-0.3, -0.25) is 5.10 Å². The predicted octanol–water partition coefficient (Wildman–Crippen LogP) is 6.67. The van der Waals surface area contributed by atoms with E-state index in [2.05, 4.69) is 22.3 Å². The molecule has 0 amide bonds. The van der Waals surface area contributed by atoms with Gasteiger partial charge >= 0.3 is 0 Å². The van der Waals surface area contributed by atoms with Crippen molar-refractivity contribution in [3.8, 4) is 46.2 Å². The van der Waals surface area contributed by atoms with E-state index in [1.807, 2.05) is 60.7 Å². The molecular weight excluding hydrogens is 563 g/mol. The maximum absolute atomic E-state index is 13.8. The summed E-state index contributed by atoms with van der Waals surface area (Å²) >= 11 is 1.36. The number of fused-ring (bicyclic) bond motifs is 1. The van der Waals surface area contributed by atoms with Crippen LogP contribution in [0.3, 0.4) is 0 Å². The molecule has 0 spiro atoms. The summed E-state index contributed by atoms with van der Waals surface area (Å²) in [5, 5.41) is 28.1. The van der Waals surface area contributed by atoms with Gasteiger partial charge in [0.05, 0.1) is 35.5 Å². The molecule has 2 aromatic heterocycles. The van der Waals surface area contributed by atoms with E-state index in [0.717, 1.165) is 22.4 Å². The van der Waals surface area contributed by atoms with Crippen molar-refractivity contribution in [3.05, 3.63) is 125 Å². The van der Waals surface area contributed by atoms with Crippen molar-refractivity contribution >= 4 is 11.8 Å². The molecule has 0 saturated carbocycles. The monoisotopic (exact) mass is 586 g/mol. The van der Waals surface area contributed by atoms with Gasteiger partial charge in [-0.05, 0) is 41.5 Å². The number of nitriles is 2. The van der Waals surface area contributed by atoms with Crippen LogP contribution in [0.25, 0.3) is 22.4 Å². The second-order valence-electron chi connectivity index (χ2n) is 9.63. The van der Waals surface area contributed by atoms with E-state index < -0.39 is 11.7 Å². The maximum atomic E-state index is 13.8. The maximum Gasteiger partial charge on any atom is 0.244 e. The van der Waals surface area contributed by atoms with Crippen LogP contribution in [0.5, 0.6) is 11.6 Å². The molecule has 5 aromatic rings. The van der Waals surface area contributed by atoms with E-state index in [-0.39, 0.29) is 17.3 Å². The van der Waals surface area contributed by atoms with Crippen LogP contribution in [0.2, 0.25) is 0 Å². The molecule has 3 aromatic carbocycles. The van der Waals surface area contributed by atoms with Crippen LogP contribution < -0.4 is 15.2 Å². The molecule has 8 nitrogen and oxygen atoms in total. The number of benzene rings is 3. The summed E-state index contributed by atoms with van der Waals surface area (Å²) in [7, 11) is 1.61. The third kappa shape index (κ3) is 5.28. The van der Waals surface area contributed by atoms with Gasteiger partial charge in [-0.25, -0.2) is 9.37 Å². The lowest BCUT2D eigenvalue weighted by Crippen LogP contribution is -2.21. The summed E-state index contributed by atoms with van der Waals surface area (Å²) in [4.78, 5) is 4.90. The molecule has 1 atom stereocenters. The molecule has 1 aliphatic heterocycles. The molecule has 0 bridgehead atoms. The highest BCUT2D eigenvalue weighted by atomic mass is 32.2. The normalized spacial score (nSPS) is 13.9. The number of hydrogen-bond donors (Lipinski definition) is 2. The minimum absolute atomic E-state index is 0.0526. The minimum atomic E-state index is -0.613. The third-order valence-corrected chi connectivity index (χ3v) is 8.14. The van der Waals surface area contributed by atoms with Crippen LogP contribution in [-0.2, 0) is 5.75 Å². The Morgan fingerprint density at radius 3 is 2.42 bits per heavy atom. The van der Waals surface area contributed by atoms with E-state index in [4.69, 9.17) is 20.2 Å². The number of aromatic amines is 1. The Morgan fingerprint density at radius 2 is 1.74 bits per heavy atom. The molecule has 1 aliphatic rings. The van der Waals surface area contributed by atoms with E-state index in [1.165, 1.54) is 23.9 Å². The SMILES string of the molecule is COc1ccc(-c2cc(-c3ccccc3)nc(SCc3[nH]nc4c3C(c3ccc(F)cc3)C(C#N)=C(N)O4)c2C#N)cc1. The number of ether oxygens (including phenoxy) is 2. The quantitative estimate of drug-likeness (QED) is 0.202. The number of allylic oxidation sites excluding steroid dienone is 1. The van der Waals surface area contributed by atoms with Crippen molar-refractivity contribution in [1.82, 2.24) is 15.2 Å². The van der Waals surface area contributed by atoms with Gasteiger partial charge < -0.3 is 15.2 Å². The fourth-order valence-corrected chi connectivity index (χ4v) is 6.00. The zero-order chi connectivity index (χ0) is 29.9. The van der Waals surface area contributed by atoms with Crippen LogP contribution in [0.15, 0.2) is 101 Å². The number of nitrogens with zero attached hydrogens (tertiary/aromatic N) is 4. The zero-order valence-corrected chi connectivity index (χ0v) is 23.7. The van der Waals surface area contributed by atoms with Crippen molar-refractivity contribution in [2.75, 3.05) is 7.11 Å². The topological polar surface area (TPSA) is 134 Å². The fraction of sp³-hybridized carbons (Fsp3) is 0.0909. The van der Waals surface area contributed by atoms with Crippen molar-refractivity contribution < 1.29 is 13.9 Å².